The van der Waals surface area contributed by atoms with Crippen molar-refractivity contribution in [2.45, 2.75) is 6.54 Å². The Bertz CT molecular complexity index is 908. The lowest BCUT2D eigenvalue weighted by atomic mass is 10.0. The highest BCUT2D eigenvalue weighted by atomic mass is 16.1. The predicted octanol–water partition coefficient (Wildman–Crippen LogP) is 3.22. The highest BCUT2D eigenvalue weighted by molar-refractivity contribution is 6.07. The molecule has 112 valence electrons. The van der Waals surface area contributed by atoms with Gasteiger partial charge in [-0.3, -0.25) is 4.79 Å². The summed E-state index contributed by atoms with van der Waals surface area (Å²) in [7, 11) is 0. The Morgan fingerprint density at radius 1 is 1.09 bits per heavy atom. The first-order valence-corrected chi connectivity index (χ1v) is 7.23. The molecule has 4 nitrogen and oxygen atoms in total. The number of nitrogens with one attached hydrogen (secondary N) is 1. The van der Waals surface area contributed by atoms with Crippen LogP contribution in [0.25, 0.3) is 10.8 Å². The molecule has 0 heterocycles. The number of anilines is 1. The monoisotopic (exact) mass is 301 g/mol. The van der Waals surface area contributed by atoms with Gasteiger partial charge in [0.15, 0.2) is 0 Å². The first-order valence-electron chi connectivity index (χ1n) is 7.23. The fourth-order valence-electron chi connectivity index (χ4n) is 2.46. The van der Waals surface area contributed by atoms with Gasteiger partial charge >= 0.3 is 0 Å². The molecule has 0 aromatic heterocycles. The van der Waals surface area contributed by atoms with Gasteiger partial charge in [0, 0.05) is 17.8 Å². The second-order valence-corrected chi connectivity index (χ2v) is 5.28. The molecule has 0 saturated heterocycles. The first kappa shape index (κ1) is 14.6. The van der Waals surface area contributed by atoms with E-state index in [1.807, 2.05) is 42.5 Å². The van der Waals surface area contributed by atoms with Crippen LogP contribution in [0.2, 0.25) is 0 Å². The summed E-state index contributed by atoms with van der Waals surface area (Å²) in [6.07, 6.45) is 0. The van der Waals surface area contributed by atoms with E-state index in [4.69, 9.17) is 11.0 Å². The Labute approximate surface area is 134 Å². The minimum absolute atomic E-state index is 0.148. The fraction of sp³-hybridized carbons (Fsp3) is 0.0526. The zero-order valence-electron chi connectivity index (χ0n) is 12.4. The minimum atomic E-state index is -0.148. The summed E-state index contributed by atoms with van der Waals surface area (Å²) in [4.78, 5) is 12.5. The van der Waals surface area contributed by atoms with E-state index in [0.29, 0.717) is 23.4 Å². The molecule has 3 aromatic carbocycles. The van der Waals surface area contributed by atoms with E-state index in [0.717, 1.165) is 16.3 Å². The largest absolute Gasteiger partial charge is 0.399 e. The van der Waals surface area contributed by atoms with E-state index in [1.54, 1.807) is 18.2 Å². The topological polar surface area (TPSA) is 78.9 Å². The van der Waals surface area contributed by atoms with Crippen molar-refractivity contribution in [1.82, 2.24) is 5.32 Å². The minimum Gasteiger partial charge on any atom is -0.399 e. The summed E-state index contributed by atoms with van der Waals surface area (Å²) in [5.74, 6) is -0.148. The molecule has 3 rings (SSSR count). The van der Waals surface area contributed by atoms with Gasteiger partial charge in [-0.05, 0) is 46.7 Å². The van der Waals surface area contributed by atoms with Crippen molar-refractivity contribution in [3.05, 3.63) is 77.4 Å². The highest BCUT2D eigenvalue weighted by Crippen LogP contribution is 2.21. The maximum Gasteiger partial charge on any atom is 0.252 e. The van der Waals surface area contributed by atoms with Crippen molar-refractivity contribution in [3.63, 3.8) is 0 Å². The number of nitrogens with two attached hydrogens (primary N) is 1. The maximum atomic E-state index is 12.5. The molecule has 0 unspecified atom stereocenters. The van der Waals surface area contributed by atoms with Gasteiger partial charge in [0.2, 0.25) is 0 Å². The molecule has 4 heteroatoms. The molecule has 0 aliphatic heterocycles. The van der Waals surface area contributed by atoms with Crippen molar-refractivity contribution in [3.8, 4) is 6.07 Å². The number of carbonyl (C=O) groups is 1. The lowest BCUT2D eigenvalue weighted by molar-refractivity contribution is 0.0952. The third-order valence-corrected chi connectivity index (χ3v) is 3.69. The number of nitrogens with zero attached hydrogens (tertiary/aromatic N) is 1. The average molecular weight is 301 g/mol. The van der Waals surface area contributed by atoms with E-state index in [1.165, 1.54) is 0 Å². The number of benzene rings is 3. The number of hydrogen-bond donors (Lipinski definition) is 2. The van der Waals surface area contributed by atoms with E-state index >= 15 is 0 Å². The van der Waals surface area contributed by atoms with Crippen LogP contribution in [0.4, 0.5) is 5.69 Å². The molecule has 23 heavy (non-hydrogen) atoms. The van der Waals surface area contributed by atoms with Crippen molar-refractivity contribution < 1.29 is 4.79 Å². The normalized spacial score (nSPS) is 10.2. The smallest absolute Gasteiger partial charge is 0.252 e. The molecular weight excluding hydrogens is 286 g/mol. The summed E-state index contributed by atoms with van der Waals surface area (Å²) in [5.41, 5.74) is 8.60. The Balaban J connectivity index is 1.80. The van der Waals surface area contributed by atoms with E-state index in [2.05, 4.69) is 11.4 Å². The van der Waals surface area contributed by atoms with Gasteiger partial charge in [-0.2, -0.15) is 5.26 Å². The third-order valence-electron chi connectivity index (χ3n) is 3.69. The molecule has 3 N–H and O–H groups in total. The summed E-state index contributed by atoms with van der Waals surface area (Å²) in [6.45, 7) is 0.406. The van der Waals surface area contributed by atoms with E-state index in [-0.39, 0.29) is 5.91 Å². The SMILES string of the molecule is N#Cc1ccc(CNC(=O)c2cccc3ccc(N)cc23)cc1. The van der Waals surface area contributed by atoms with E-state index < -0.39 is 0 Å². The van der Waals surface area contributed by atoms with Crippen molar-refractivity contribution >= 4 is 22.4 Å². The predicted molar refractivity (Wildman–Crippen MR) is 90.7 cm³/mol. The molecule has 0 spiro atoms. The molecule has 0 fully saturated rings. The van der Waals surface area contributed by atoms with Crippen molar-refractivity contribution in [1.29, 1.82) is 5.26 Å². The molecule has 0 aliphatic rings. The van der Waals surface area contributed by atoms with Crippen LogP contribution in [-0.4, -0.2) is 5.91 Å². The van der Waals surface area contributed by atoms with Crippen LogP contribution >= 0.6 is 0 Å². The number of carbonyl (C=O) groups excluding carboxylic acids is 1. The molecule has 1 amide bonds. The molecule has 0 saturated carbocycles. The van der Waals surface area contributed by atoms with Crippen molar-refractivity contribution in [2.24, 2.45) is 0 Å². The van der Waals surface area contributed by atoms with Crippen LogP contribution in [0.15, 0.2) is 60.7 Å². The lowest BCUT2D eigenvalue weighted by Crippen LogP contribution is -2.23. The second-order valence-electron chi connectivity index (χ2n) is 5.28. The average Bonchev–Trinajstić information content (AvgIpc) is 2.59. The molecule has 0 bridgehead atoms. The molecular formula is C19H15N3O. The van der Waals surface area contributed by atoms with Gasteiger partial charge in [0.05, 0.1) is 11.6 Å². The van der Waals surface area contributed by atoms with Crippen LogP contribution in [0.1, 0.15) is 21.5 Å². The summed E-state index contributed by atoms with van der Waals surface area (Å²) in [6, 6.07) is 20.3. The molecule has 0 aliphatic carbocycles. The number of rotatable bonds is 3. The number of amides is 1. The fourth-order valence-corrected chi connectivity index (χ4v) is 2.46. The van der Waals surface area contributed by atoms with Crippen LogP contribution in [0.3, 0.4) is 0 Å². The molecule has 0 atom stereocenters. The standard InChI is InChI=1S/C19H15N3O/c20-11-13-4-6-14(7-5-13)12-22-19(23)17-3-1-2-15-8-9-16(21)10-18(15)17/h1-10H,12,21H2,(H,22,23). The molecule has 3 aromatic rings. The van der Waals surface area contributed by atoms with Crippen LogP contribution in [0, 0.1) is 11.3 Å². The van der Waals surface area contributed by atoms with Crippen LogP contribution in [-0.2, 0) is 6.54 Å². The summed E-state index contributed by atoms with van der Waals surface area (Å²) >= 11 is 0. The Kier molecular flexibility index (Phi) is 3.94. The maximum absolute atomic E-state index is 12.5. The number of nitrogen functional groups attached to an aromatic ring is 1. The zero-order chi connectivity index (χ0) is 16.2. The lowest BCUT2D eigenvalue weighted by Gasteiger charge is -2.09. The van der Waals surface area contributed by atoms with Gasteiger partial charge in [-0.25, -0.2) is 0 Å². The summed E-state index contributed by atoms with van der Waals surface area (Å²) < 4.78 is 0. The zero-order valence-corrected chi connectivity index (χ0v) is 12.4. The van der Waals surface area contributed by atoms with E-state index in [9.17, 15) is 4.79 Å². The van der Waals surface area contributed by atoms with Gasteiger partial charge in [-0.1, -0.05) is 30.3 Å². The molecule has 0 radical (unpaired) electrons. The number of hydrogen-bond acceptors (Lipinski definition) is 3. The number of nitriles is 1. The van der Waals surface area contributed by atoms with Crippen LogP contribution in [0.5, 0.6) is 0 Å². The Hall–Kier alpha value is -3.32. The highest BCUT2D eigenvalue weighted by Gasteiger charge is 2.10. The quantitative estimate of drug-likeness (QED) is 0.729. The Morgan fingerprint density at radius 2 is 1.87 bits per heavy atom. The van der Waals surface area contributed by atoms with Crippen molar-refractivity contribution in [2.75, 3.05) is 5.73 Å². The number of fused-ring (bicyclic) bond motifs is 1. The van der Waals surface area contributed by atoms with Gasteiger partial charge < -0.3 is 11.1 Å². The summed E-state index contributed by atoms with van der Waals surface area (Å²) in [5, 5.41) is 13.5. The second kappa shape index (κ2) is 6.20. The van der Waals surface area contributed by atoms with Gasteiger partial charge in [0.25, 0.3) is 5.91 Å². The Morgan fingerprint density at radius 3 is 2.61 bits per heavy atom. The van der Waals surface area contributed by atoms with Gasteiger partial charge in [0.1, 0.15) is 0 Å². The first-order chi connectivity index (χ1) is 11.2. The van der Waals surface area contributed by atoms with Crippen LogP contribution < -0.4 is 11.1 Å². The third kappa shape index (κ3) is 3.14. The van der Waals surface area contributed by atoms with Gasteiger partial charge in [-0.15, -0.1) is 0 Å².